The summed E-state index contributed by atoms with van der Waals surface area (Å²) in [5.41, 5.74) is 0.357. The molecule has 0 N–H and O–H groups in total. The smallest absolute Gasteiger partial charge is 0.269 e. The van der Waals surface area contributed by atoms with Crippen LogP contribution in [0, 0.1) is 5.82 Å². The van der Waals surface area contributed by atoms with Crippen LogP contribution in [-0.2, 0) is 9.47 Å². The van der Waals surface area contributed by atoms with Crippen molar-refractivity contribution in [3.63, 3.8) is 0 Å². The van der Waals surface area contributed by atoms with Gasteiger partial charge in [-0.3, -0.25) is 0 Å². The molecule has 0 saturated carbocycles. The first-order valence-electron chi connectivity index (χ1n) is 4.10. The van der Waals surface area contributed by atoms with Gasteiger partial charge in [0, 0.05) is 6.07 Å². The van der Waals surface area contributed by atoms with Crippen LogP contribution in [0.2, 0.25) is 0 Å². The summed E-state index contributed by atoms with van der Waals surface area (Å²) in [4.78, 5) is 0. The number of hydrogen-bond donors (Lipinski definition) is 0. The van der Waals surface area contributed by atoms with E-state index in [0.29, 0.717) is 11.3 Å². The highest BCUT2D eigenvalue weighted by molar-refractivity contribution is 5.29. The van der Waals surface area contributed by atoms with E-state index in [1.165, 1.54) is 25.7 Å². The Labute approximate surface area is 80.7 Å². The molecule has 14 heavy (non-hydrogen) atoms. The van der Waals surface area contributed by atoms with Crippen molar-refractivity contribution in [2.24, 2.45) is 0 Å². The van der Waals surface area contributed by atoms with Gasteiger partial charge in [0.1, 0.15) is 24.1 Å². The number of rotatable bonds is 2. The SMILES string of the molecule is COc1ccc(C2OC=CO2)c(F)c1. The van der Waals surface area contributed by atoms with Crippen LogP contribution < -0.4 is 4.74 Å². The number of hydrogen-bond acceptors (Lipinski definition) is 3. The van der Waals surface area contributed by atoms with Gasteiger partial charge in [-0.15, -0.1) is 0 Å². The molecule has 0 aliphatic carbocycles. The number of benzene rings is 1. The Morgan fingerprint density at radius 2 is 2.00 bits per heavy atom. The van der Waals surface area contributed by atoms with Gasteiger partial charge >= 0.3 is 0 Å². The molecule has 0 saturated heterocycles. The van der Waals surface area contributed by atoms with Crippen molar-refractivity contribution in [1.29, 1.82) is 0 Å². The van der Waals surface area contributed by atoms with Gasteiger partial charge in [0.15, 0.2) is 0 Å². The maximum Gasteiger partial charge on any atom is 0.269 e. The molecule has 3 nitrogen and oxygen atoms in total. The quantitative estimate of drug-likeness (QED) is 0.726. The molecule has 4 heteroatoms. The summed E-state index contributed by atoms with van der Waals surface area (Å²) in [7, 11) is 1.48. The van der Waals surface area contributed by atoms with E-state index in [0.717, 1.165) is 0 Å². The zero-order valence-electron chi connectivity index (χ0n) is 7.57. The minimum atomic E-state index is -0.680. The molecule has 1 heterocycles. The van der Waals surface area contributed by atoms with E-state index < -0.39 is 12.1 Å². The monoisotopic (exact) mass is 196 g/mol. The van der Waals surface area contributed by atoms with Crippen molar-refractivity contribution in [2.45, 2.75) is 6.29 Å². The molecule has 74 valence electrons. The maximum atomic E-state index is 13.4. The van der Waals surface area contributed by atoms with Crippen LogP contribution in [0.4, 0.5) is 4.39 Å². The predicted octanol–water partition coefficient (Wildman–Crippen LogP) is 2.35. The van der Waals surface area contributed by atoms with Crippen LogP contribution in [-0.4, -0.2) is 7.11 Å². The van der Waals surface area contributed by atoms with E-state index in [1.807, 2.05) is 0 Å². The molecule has 1 aliphatic heterocycles. The third kappa shape index (κ3) is 1.51. The second-order valence-corrected chi connectivity index (χ2v) is 2.76. The van der Waals surface area contributed by atoms with Gasteiger partial charge < -0.3 is 14.2 Å². The van der Waals surface area contributed by atoms with Gasteiger partial charge in [-0.1, -0.05) is 0 Å². The van der Waals surface area contributed by atoms with E-state index in [2.05, 4.69) is 0 Å². The second-order valence-electron chi connectivity index (χ2n) is 2.76. The summed E-state index contributed by atoms with van der Waals surface area (Å²) in [6, 6.07) is 4.52. The summed E-state index contributed by atoms with van der Waals surface area (Å²) in [6.45, 7) is 0. The van der Waals surface area contributed by atoms with Crippen LogP contribution >= 0.6 is 0 Å². The van der Waals surface area contributed by atoms with Crippen molar-refractivity contribution >= 4 is 0 Å². The van der Waals surface area contributed by atoms with Gasteiger partial charge in [-0.25, -0.2) is 4.39 Å². The first-order valence-corrected chi connectivity index (χ1v) is 4.10. The molecule has 1 aromatic carbocycles. The van der Waals surface area contributed by atoms with Gasteiger partial charge in [0.25, 0.3) is 6.29 Å². The van der Waals surface area contributed by atoms with Gasteiger partial charge in [-0.2, -0.15) is 0 Å². The molecular weight excluding hydrogens is 187 g/mol. The predicted molar refractivity (Wildman–Crippen MR) is 47.0 cm³/mol. The van der Waals surface area contributed by atoms with Gasteiger partial charge in [0.05, 0.1) is 12.7 Å². The highest BCUT2D eigenvalue weighted by Gasteiger charge is 2.19. The first kappa shape index (κ1) is 8.87. The Morgan fingerprint density at radius 1 is 1.29 bits per heavy atom. The lowest BCUT2D eigenvalue weighted by atomic mass is 10.2. The molecule has 0 radical (unpaired) electrons. The Balaban J connectivity index is 2.26. The van der Waals surface area contributed by atoms with Crippen LogP contribution in [0.3, 0.4) is 0 Å². The lowest BCUT2D eigenvalue weighted by Crippen LogP contribution is -2.01. The van der Waals surface area contributed by atoms with Crippen molar-refractivity contribution in [3.05, 3.63) is 42.1 Å². The lowest BCUT2D eigenvalue weighted by molar-refractivity contribution is -0.0271. The fraction of sp³-hybridized carbons (Fsp3) is 0.200. The molecule has 2 rings (SSSR count). The Hall–Kier alpha value is -1.71. The number of halogens is 1. The molecule has 0 atom stereocenters. The highest BCUT2D eigenvalue weighted by atomic mass is 19.1. The van der Waals surface area contributed by atoms with Crippen LogP contribution in [0.1, 0.15) is 11.9 Å². The molecule has 0 bridgehead atoms. The standard InChI is InChI=1S/C10H9FO3/c1-12-7-2-3-8(9(11)6-7)10-13-4-5-14-10/h2-6,10H,1H3. The van der Waals surface area contributed by atoms with E-state index in [1.54, 1.807) is 12.1 Å². The fourth-order valence-corrected chi connectivity index (χ4v) is 1.21. The summed E-state index contributed by atoms with van der Waals surface area (Å²) >= 11 is 0. The van der Waals surface area contributed by atoms with E-state index in [9.17, 15) is 4.39 Å². The highest BCUT2D eigenvalue weighted by Crippen LogP contribution is 2.28. The minimum Gasteiger partial charge on any atom is -0.497 e. The summed E-state index contributed by atoms with van der Waals surface area (Å²) < 4.78 is 28.3. The first-order chi connectivity index (χ1) is 6.81. The summed E-state index contributed by atoms with van der Waals surface area (Å²) in [5, 5.41) is 0. The Kier molecular flexibility index (Phi) is 2.26. The van der Waals surface area contributed by atoms with Gasteiger partial charge in [-0.05, 0) is 12.1 Å². The summed E-state index contributed by atoms with van der Waals surface area (Å²) in [5.74, 6) is 0.0651. The van der Waals surface area contributed by atoms with E-state index in [-0.39, 0.29) is 0 Å². The zero-order chi connectivity index (χ0) is 9.97. The fourth-order valence-electron chi connectivity index (χ4n) is 1.21. The number of ether oxygens (including phenoxy) is 3. The van der Waals surface area contributed by atoms with Crippen molar-refractivity contribution in [1.82, 2.24) is 0 Å². The molecule has 0 fully saturated rings. The summed E-state index contributed by atoms with van der Waals surface area (Å²) in [6.07, 6.45) is 2.09. The largest absolute Gasteiger partial charge is 0.497 e. The average Bonchev–Trinajstić information content (AvgIpc) is 2.70. The van der Waals surface area contributed by atoms with Gasteiger partial charge in [0.2, 0.25) is 0 Å². The van der Waals surface area contributed by atoms with Crippen molar-refractivity contribution in [2.75, 3.05) is 7.11 Å². The van der Waals surface area contributed by atoms with Crippen LogP contribution in [0.15, 0.2) is 30.7 Å². The molecule has 0 spiro atoms. The molecule has 0 unspecified atom stereocenters. The number of methoxy groups -OCH3 is 1. The zero-order valence-corrected chi connectivity index (χ0v) is 7.57. The van der Waals surface area contributed by atoms with Crippen molar-refractivity contribution in [3.8, 4) is 5.75 Å². The topological polar surface area (TPSA) is 27.7 Å². The maximum absolute atomic E-state index is 13.4. The third-order valence-electron chi connectivity index (χ3n) is 1.92. The molecule has 1 aliphatic rings. The lowest BCUT2D eigenvalue weighted by Gasteiger charge is -2.11. The Morgan fingerprint density at radius 3 is 2.57 bits per heavy atom. The van der Waals surface area contributed by atoms with E-state index >= 15 is 0 Å². The minimum absolute atomic E-state index is 0.357. The van der Waals surface area contributed by atoms with Crippen LogP contribution in [0.25, 0.3) is 0 Å². The average molecular weight is 196 g/mol. The van der Waals surface area contributed by atoms with E-state index in [4.69, 9.17) is 14.2 Å². The van der Waals surface area contributed by atoms with Crippen LogP contribution in [0.5, 0.6) is 5.75 Å². The molecule has 0 amide bonds. The third-order valence-corrected chi connectivity index (χ3v) is 1.92. The normalized spacial score (nSPS) is 15.0. The Bertz CT molecular complexity index is 354. The van der Waals surface area contributed by atoms with Crippen molar-refractivity contribution < 1.29 is 18.6 Å². The molecule has 0 aromatic heterocycles. The second kappa shape index (κ2) is 3.57. The molecule has 1 aromatic rings. The molecular formula is C10H9FO3.